The van der Waals surface area contributed by atoms with E-state index in [1.54, 1.807) is 31.6 Å². The molecule has 0 saturated heterocycles. The molecule has 0 aliphatic heterocycles. The molecule has 2 aromatic rings. The van der Waals surface area contributed by atoms with Gasteiger partial charge in [0, 0.05) is 6.08 Å². The van der Waals surface area contributed by atoms with Gasteiger partial charge >= 0.3 is 0 Å². The van der Waals surface area contributed by atoms with Gasteiger partial charge in [0.1, 0.15) is 11.5 Å². The second-order valence-corrected chi connectivity index (χ2v) is 5.35. The third-order valence-corrected chi connectivity index (χ3v) is 3.38. The molecule has 0 fully saturated rings. The van der Waals surface area contributed by atoms with Gasteiger partial charge in [-0.15, -0.1) is 0 Å². The predicted molar refractivity (Wildman–Crippen MR) is 86.5 cm³/mol. The summed E-state index contributed by atoms with van der Waals surface area (Å²) < 4.78 is 10.3. The average molecular weight is 299 g/mol. The molecule has 1 amide bonds. The third-order valence-electron chi connectivity index (χ3n) is 3.38. The number of carbonyl (C=O) groups excluding carboxylic acids is 1. The molecule has 116 valence electrons. The molecule has 0 aliphatic carbocycles. The van der Waals surface area contributed by atoms with E-state index in [1.165, 1.54) is 6.08 Å². The van der Waals surface area contributed by atoms with E-state index in [1.807, 2.05) is 24.3 Å². The lowest BCUT2D eigenvalue weighted by Crippen LogP contribution is -2.30. The highest BCUT2D eigenvalue weighted by atomic mass is 16.5. The Hall–Kier alpha value is -2.49. The highest BCUT2D eigenvalue weighted by Crippen LogP contribution is 2.23. The van der Waals surface area contributed by atoms with Gasteiger partial charge in [0.2, 0.25) is 5.91 Å². The molecule has 4 nitrogen and oxygen atoms in total. The Kier molecular flexibility index (Phi) is 5.42. The van der Waals surface area contributed by atoms with E-state index < -0.39 is 0 Å². The molecule has 1 heterocycles. The molecule has 22 heavy (non-hydrogen) atoms. The van der Waals surface area contributed by atoms with Gasteiger partial charge < -0.3 is 14.5 Å². The maximum absolute atomic E-state index is 12.1. The molecule has 1 aromatic carbocycles. The summed E-state index contributed by atoms with van der Waals surface area (Å²) in [4.78, 5) is 12.1. The number of furan rings is 1. The van der Waals surface area contributed by atoms with Crippen LogP contribution in [0.2, 0.25) is 0 Å². The van der Waals surface area contributed by atoms with E-state index in [9.17, 15) is 4.79 Å². The Balaban J connectivity index is 2.06. The number of ether oxygens (including phenoxy) is 1. The van der Waals surface area contributed by atoms with Gasteiger partial charge in [-0.25, -0.2) is 0 Å². The Labute approximate surface area is 130 Å². The first-order valence-electron chi connectivity index (χ1n) is 7.26. The molecule has 1 unspecified atom stereocenters. The summed E-state index contributed by atoms with van der Waals surface area (Å²) in [6, 6.07) is 11.3. The summed E-state index contributed by atoms with van der Waals surface area (Å²) >= 11 is 0. The Morgan fingerprint density at radius 2 is 1.95 bits per heavy atom. The van der Waals surface area contributed by atoms with Crippen molar-refractivity contribution in [1.82, 2.24) is 5.32 Å². The molecule has 0 spiro atoms. The van der Waals surface area contributed by atoms with Crippen LogP contribution in [0.3, 0.4) is 0 Å². The van der Waals surface area contributed by atoms with Crippen LogP contribution in [0.1, 0.15) is 31.2 Å². The fourth-order valence-electron chi connectivity index (χ4n) is 2.19. The Morgan fingerprint density at radius 3 is 2.50 bits per heavy atom. The lowest BCUT2D eigenvalue weighted by molar-refractivity contribution is -0.117. The van der Waals surface area contributed by atoms with Crippen molar-refractivity contribution in [3.63, 3.8) is 0 Å². The number of methoxy groups -OCH3 is 1. The summed E-state index contributed by atoms with van der Waals surface area (Å²) in [5, 5.41) is 3.02. The van der Waals surface area contributed by atoms with Crippen molar-refractivity contribution in [2.75, 3.05) is 7.11 Å². The molecule has 0 bridgehead atoms. The van der Waals surface area contributed by atoms with Crippen molar-refractivity contribution < 1.29 is 13.9 Å². The van der Waals surface area contributed by atoms with Crippen LogP contribution in [0.25, 0.3) is 6.08 Å². The third kappa shape index (κ3) is 4.25. The highest BCUT2D eigenvalue weighted by molar-refractivity contribution is 5.91. The molecular weight excluding hydrogens is 278 g/mol. The molecule has 4 heteroatoms. The number of rotatable bonds is 6. The maximum Gasteiger partial charge on any atom is 0.244 e. The topological polar surface area (TPSA) is 51.5 Å². The van der Waals surface area contributed by atoms with Gasteiger partial charge in [-0.1, -0.05) is 26.0 Å². The fraction of sp³-hybridized carbons (Fsp3) is 0.278. The van der Waals surface area contributed by atoms with E-state index >= 15 is 0 Å². The number of nitrogens with one attached hydrogen (secondary N) is 1. The Morgan fingerprint density at radius 1 is 1.23 bits per heavy atom. The zero-order valence-electron chi connectivity index (χ0n) is 13.1. The standard InChI is InChI=1S/C18H21NO3/c1-13(2)18(14-6-8-15(21-3)9-7-14)19-17(20)11-10-16-5-4-12-22-16/h4-13,18H,1-3H3,(H,19,20)/b11-10+. The van der Waals surface area contributed by atoms with E-state index in [0.717, 1.165) is 11.3 Å². The first-order valence-corrected chi connectivity index (χ1v) is 7.26. The summed E-state index contributed by atoms with van der Waals surface area (Å²) in [6.45, 7) is 4.15. The predicted octanol–water partition coefficient (Wildman–Crippen LogP) is 3.81. The van der Waals surface area contributed by atoms with Gasteiger partial charge in [-0.2, -0.15) is 0 Å². The second kappa shape index (κ2) is 7.50. The number of hydrogen-bond donors (Lipinski definition) is 1. The minimum absolute atomic E-state index is 0.0559. The maximum atomic E-state index is 12.1. The second-order valence-electron chi connectivity index (χ2n) is 5.35. The lowest BCUT2D eigenvalue weighted by atomic mass is 9.96. The minimum Gasteiger partial charge on any atom is -0.497 e. The quantitative estimate of drug-likeness (QED) is 0.825. The van der Waals surface area contributed by atoms with E-state index in [2.05, 4.69) is 19.2 Å². The van der Waals surface area contributed by atoms with Gasteiger partial charge in [0.25, 0.3) is 0 Å². The number of carbonyl (C=O) groups is 1. The molecular formula is C18H21NO3. The lowest BCUT2D eigenvalue weighted by Gasteiger charge is -2.22. The number of hydrogen-bond acceptors (Lipinski definition) is 3. The Bertz CT molecular complexity index is 612. The SMILES string of the molecule is COc1ccc(C(NC(=O)/C=C/c2ccco2)C(C)C)cc1. The summed E-state index contributed by atoms with van der Waals surface area (Å²) in [5.41, 5.74) is 1.05. The monoisotopic (exact) mass is 299 g/mol. The summed E-state index contributed by atoms with van der Waals surface area (Å²) in [6.07, 6.45) is 4.71. The molecule has 1 atom stereocenters. The van der Waals surface area contributed by atoms with Crippen molar-refractivity contribution in [2.45, 2.75) is 19.9 Å². The zero-order valence-corrected chi connectivity index (χ0v) is 13.1. The van der Waals surface area contributed by atoms with Crippen LogP contribution in [0.5, 0.6) is 5.75 Å². The van der Waals surface area contributed by atoms with Crippen molar-refractivity contribution in [3.05, 3.63) is 60.1 Å². The first-order chi connectivity index (χ1) is 10.6. The van der Waals surface area contributed by atoms with Crippen LogP contribution < -0.4 is 10.1 Å². The van der Waals surface area contributed by atoms with E-state index in [-0.39, 0.29) is 17.9 Å². The van der Waals surface area contributed by atoms with Crippen LogP contribution >= 0.6 is 0 Å². The van der Waals surface area contributed by atoms with Crippen molar-refractivity contribution in [2.24, 2.45) is 5.92 Å². The van der Waals surface area contributed by atoms with E-state index in [4.69, 9.17) is 9.15 Å². The molecule has 0 saturated carbocycles. The smallest absolute Gasteiger partial charge is 0.244 e. The largest absolute Gasteiger partial charge is 0.497 e. The van der Waals surface area contributed by atoms with Crippen molar-refractivity contribution in [3.8, 4) is 5.75 Å². The van der Waals surface area contributed by atoms with Gasteiger partial charge in [-0.3, -0.25) is 4.79 Å². The minimum atomic E-state index is -0.147. The highest BCUT2D eigenvalue weighted by Gasteiger charge is 2.17. The molecule has 2 rings (SSSR count). The van der Waals surface area contributed by atoms with Gasteiger partial charge in [0.15, 0.2) is 0 Å². The van der Waals surface area contributed by atoms with Gasteiger partial charge in [0.05, 0.1) is 19.4 Å². The molecule has 0 aliphatic rings. The van der Waals surface area contributed by atoms with Crippen LogP contribution in [0, 0.1) is 5.92 Å². The molecule has 0 radical (unpaired) electrons. The van der Waals surface area contributed by atoms with E-state index in [0.29, 0.717) is 5.76 Å². The molecule has 1 N–H and O–H groups in total. The normalized spacial score (nSPS) is 12.5. The first kappa shape index (κ1) is 15.9. The zero-order chi connectivity index (χ0) is 15.9. The van der Waals surface area contributed by atoms with Crippen LogP contribution in [-0.4, -0.2) is 13.0 Å². The fourth-order valence-corrected chi connectivity index (χ4v) is 2.19. The number of amides is 1. The van der Waals surface area contributed by atoms with Crippen LogP contribution in [0.4, 0.5) is 0 Å². The summed E-state index contributed by atoms with van der Waals surface area (Å²) in [5.74, 6) is 1.58. The van der Waals surface area contributed by atoms with Crippen LogP contribution in [-0.2, 0) is 4.79 Å². The van der Waals surface area contributed by atoms with Gasteiger partial charge in [-0.05, 0) is 41.8 Å². The van der Waals surface area contributed by atoms with Crippen LogP contribution in [0.15, 0.2) is 53.2 Å². The van der Waals surface area contributed by atoms with Crippen molar-refractivity contribution >= 4 is 12.0 Å². The summed E-state index contributed by atoms with van der Waals surface area (Å²) in [7, 11) is 1.64. The molecule has 1 aromatic heterocycles. The number of benzene rings is 1. The average Bonchev–Trinajstić information content (AvgIpc) is 3.04. The van der Waals surface area contributed by atoms with Crippen molar-refractivity contribution in [1.29, 1.82) is 0 Å².